The second-order valence-electron chi connectivity index (χ2n) is 5.77. The van der Waals surface area contributed by atoms with Gasteiger partial charge in [-0.15, -0.1) is 0 Å². The first-order valence-corrected chi connectivity index (χ1v) is 7.72. The van der Waals surface area contributed by atoms with Crippen LogP contribution in [-0.2, 0) is 6.18 Å². The smallest absolute Gasteiger partial charge is 0.354 e. The van der Waals surface area contributed by atoms with Gasteiger partial charge in [-0.3, -0.25) is 0 Å². The molecule has 2 aromatic rings. The Morgan fingerprint density at radius 1 is 1.12 bits per heavy atom. The third-order valence-corrected chi connectivity index (χ3v) is 3.30. The van der Waals surface area contributed by atoms with Gasteiger partial charge in [0.2, 0.25) is 5.95 Å². The molecule has 2 N–H and O–H groups in total. The number of halogens is 5. The van der Waals surface area contributed by atoms with Crippen molar-refractivity contribution in [3.63, 3.8) is 0 Å². The maximum absolute atomic E-state index is 13.7. The van der Waals surface area contributed by atoms with Crippen molar-refractivity contribution in [1.29, 1.82) is 0 Å². The lowest BCUT2D eigenvalue weighted by atomic mass is 10.3. The van der Waals surface area contributed by atoms with Gasteiger partial charge >= 0.3 is 6.18 Å². The maximum Gasteiger partial charge on any atom is 0.433 e. The summed E-state index contributed by atoms with van der Waals surface area (Å²) in [6, 6.07) is 3.96. The molecule has 0 atom stereocenters. The molecule has 5 nitrogen and oxygen atoms in total. The highest BCUT2D eigenvalue weighted by Crippen LogP contribution is 2.31. The van der Waals surface area contributed by atoms with E-state index in [1.807, 2.05) is 19.0 Å². The standard InChI is InChI=1S/C16H18F5N5/c1-26(2)8-4-7-22-15-24-12(16(19,20)21)9-13(25-15)23-11-6-3-5-10(17)14(11)18/h3,5-6,9H,4,7-8H2,1-2H3,(H2,22,23,24,25). The summed E-state index contributed by atoms with van der Waals surface area (Å²) in [5, 5.41) is 5.07. The van der Waals surface area contributed by atoms with E-state index in [2.05, 4.69) is 20.6 Å². The summed E-state index contributed by atoms with van der Waals surface area (Å²) in [6.45, 7) is 1.08. The molecule has 1 heterocycles. The number of benzene rings is 1. The van der Waals surface area contributed by atoms with Crippen LogP contribution in [0.25, 0.3) is 0 Å². The molecule has 0 radical (unpaired) electrons. The summed E-state index contributed by atoms with van der Waals surface area (Å²) in [5.41, 5.74) is -1.52. The van der Waals surface area contributed by atoms with Gasteiger partial charge in [0, 0.05) is 12.6 Å². The molecule has 0 aliphatic carbocycles. The van der Waals surface area contributed by atoms with Crippen LogP contribution in [0.3, 0.4) is 0 Å². The second kappa shape index (κ2) is 8.26. The zero-order valence-electron chi connectivity index (χ0n) is 14.2. The number of aromatic nitrogens is 2. The Hall–Kier alpha value is -2.49. The first kappa shape index (κ1) is 19.8. The Morgan fingerprint density at radius 3 is 2.50 bits per heavy atom. The van der Waals surface area contributed by atoms with Crippen molar-refractivity contribution in [2.75, 3.05) is 37.8 Å². The largest absolute Gasteiger partial charge is 0.433 e. The molecule has 0 fully saturated rings. The fraction of sp³-hybridized carbons (Fsp3) is 0.375. The zero-order valence-corrected chi connectivity index (χ0v) is 14.2. The van der Waals surface area contributed by atoms with Gasteiger partial charge < -0.3 is 15.5 Å². The molecule has 10 heteroatoms. The maximum atomic E-state index is 13.7. The van der Waals surface area contributed by atoms with Gasteiger partial charge in [0.25, 0.3) is 0 Å². The van der Waals surface area contributed by atoms with E-state index in [1.165, 1.54) is 12.1 Å². The Balaban J connectivity index is 2.24. The van der Waals surface area contributed by atoms with Crippen LogP contribution in [0.2, 0.25) is 0 Å². The van der Waals surface area contributed by atoms with Gasteiger partial charge in [-0.25, -0.2) is 13.8 Å². The van der Waals surface area contributed by atoms with Crippen molar-refractivity contribution in [2.24, 2.45) is 0 Å². The summed E-state index contributed by atoms with van der Waals surface area (Å²) in [4.78, 5) is 9.25. The Labute approximate surface area is 147 Å². The average molecular weight is 375 g/mol. The van der Waals surface area contributed by atoms with Crippen LogP contribution in [0, 0.1) is 11.6 Å². The van der Waals surface area contributed by atoms with Gasteiger partial charge in [0.05, 0.1) is 5.69 Å². The van der Waals surface area contributed by atoms with Gasteiger partial charge in [-0.1, -0.05) is 6.07 Å². The third-order valence-electron chi connectivity index (χ3n) is 3.30. The molecule has 0 amide bonds. The number of alkyl halides is 3. The van der Waals surface area contributed by atoms with Crippen LogP contribution in [-0.4, -0.2) is 42.1 Å². The zero-order chi connectivity index (χ0) is 19.3. The predicted octanol–water partition coefficient (Wildman–Crippen LogP) is 3.88. The molecule has 1 aromatic carbocycles. The molecule has 0 bridgehead atoms. The van der Waals surface area contributed by atoms with Crippen LogP contribution in [0.5, 0.6) is 0 Å². The van der Waals surface area contributed by atoms with Crippen molar-refractivity contribution in [1.82, 2.24) is 14.9 Å². The second-order valence-corrected chi connectivity index (χ2v) is 5.77. The molecular formula is C16H18F5N5. The molecule has 0 aliphatic heterocycles. The number of hydrogen-bond acceptors (Lipinski definition) is 5. The van der Waals surface area contributed by atoms with Gasteiger partial charge in [-0.05, 0) is 39.2 Å². The van der Waals surface area contributed by atoms with Crippen LogP contribution in [0.15, 0.2) is 24.3 Å². The quantitative estimate of drug-likeness (QED) is 0.568. The summed E-state index contributed by atoms with van der Waals surface area (Å²) in [5.74, 6) is -2.88. The fourth-order valence-corrected chi connectivity index (χ4v) is 2.07. The molecule has 0 saturated carbocycles. The van der Waals surface area contributed by atoms with Crippen molar-refractivity contribution in [2.45, 2.75) is 12.6 Å². The summed E-state index contributed by atoms with van der Waals surface area (Å²) in [7, 11) is 3.74. The van der Waals surface area contributed by atoms with Crippen LogP contribution < -0.4 is 10.6 Å². The highest BCUT2D eigenvalue weighted by atomic mass is 19.4. The van der Waals surface area contributed by atoms with Crippen molar-refractivity contribution >= 4 is 17.5 Å². The fourth-order valence-electron chi connectivity index (χ4n) is 2.07. The first-order chi connectivity index (χ1) is 12.2. The van der Waals surface area contributed by atoms with E-state index in [0.717, 1.165) is 12.6 Å². The predicted molar refractivity (Wildman–Crippen MR) is 88.3 cm³/mol. The highest BCUT2D eigenvalue weighted by Gasteiger charge is 2.33. The van der Waals surface area contributed by atoms with E-state index < -0.39 is 23.5 Å². The lowest BCUT2D eigenvalue weighted by Gasteiger charge is -2.14. The molecule has 0 aliphatic rings. The third kappa shape index (κ3) is 5.51. The normalized spacial score (nSPS) is 11.7. The monoisotopic (exact) mass is 375 g/mol. The SMILES string of the molecule is CN(C)CCCNc1nc(Nc2cccc(F)c2F)cc(C(F)(F)F)n1. The van der Waals surface area contributed by atoms with Gasteiger partial charge in [0.15, 0.2) is 17.3 Å². The summed E-state index contributed by atoms with van der Waals surface area (Å²) < 4.78 is 66.1. The Morgan fingerprint density at radius 2 is 1.85 bits per heavy atom. The highest BCUT2D eigenvalue weighted by molar-refractivity contribution is 5.58. The molecule has 1 aromatic heterocycles. The number of anilines is 3. The van der Waals surface area contributed by atoms with E-state index in [1.54, 1.807) is 0 Å². The van der Waals surface area contributed by atoms with E-state index >= 15 is 0 Å². The van der Waals surface area contributed by atoms with Crippen molar-refractivity contribution in [3.8, 4) is 0 Å². The van der Waals surface area contributed by atoms with Crippen molar-refractivity contribution < 1.29 is 22.0 Å². The summed E-state index contributed by atoms with van der Waals surface area (Å²) in [6.07, 6.45) is -4.05. The Kier molecular flexibility index (Phi) is 6.30. The molecular weight excluding hydrogens is 357 g/mol. The minimum absolute atomic E-state index is 0.252. The topological polar surface area (TPSA) is 53.1 Å². The first-order valence-electron chi connectivity index (χ1n) is 7.72. The van der Waals surface area contributed by atoms with Gasteiger partial charge in [-0.2, -0.15) is 18.2 Å². The van der Waals surface area contributed by atoms with Crippen molar-refractivity contribution in [3.05, 3.63) is 41.6 Å². The van der Waals surface area contributed by atoms with E-state index in [9.17, 15) is 22.0 Å². The number of nitrogens with zero attached hydrogens (tertiary/aromatic N) is 3. The number of hydrogen-bond donors (Lipinski definition) is 2. The minimum Gasteiger partial charge on any atom is -0.354 e. The molecule has 2 rings (SSSR count). The van der Waals surface area contributed by atoms with E-state index in [0.29, 0.717) is 19.0 Å². The van der Waals surface area contributed by atoms with Crippen LogP contribution in [0.1, 0.15) is 12.1 Å². The van der Waals surface area contributed by atoms with Gasteiger partial charge in [0.1, 0.15) is 5.82 Å². The lowest BCUT2D eigenvalue weighted by molar-refractivity contribution is -0.141. The van der Waals surface area contributed by atoms with E-state index in [4.69, 9.17) is 0 Å². The van der Waals surface area contributed by atoms with E-state index in [-0.39, 0.29) is 17.5 Å². The molecule has 0 saturated heterocycles. The van der Waals surface area contributed by atoms with Crippen LogP contribution in [0.4, 0.5) is 39.4 Å². The summed E-state index contributed by atoms with van der Waals surface area (Å²) >= 11 is 0. The minimum atomic E-state index is -4.71. The number of rotatable bonds is 7. The molecule has 26 heavy (non-hydrogen) atoms. The lowest BCUT2D eigenvalue weighted by Crippen LogP contribution is -2.18. The average Bonchev–Trinajstić information content (AvgIpc) is 2.55. The molecule has 0 unspecified atom stereocenters. The van der Waals surface area contributed by atoms with Crippen LogP contribution >= 0.6 is 0 Å². The number of nitrogens with one attached hydrogen (secondary N) is 2. The molecule has 0 spiro atoms. The molecule has 142 valence electrons. The Bertz CT molecular complexity index is 748.